The molecule has 0 radical (unpaired) electrons. The molecule has 2 aromatic rings. The number of hydrogen-bond acceptors (Lipinski definition) is 5. The molecule has 1 heterocycles. The first-order valence-electron chi connectivity index (χ1n) is 6.88. The van der Waals surface area contributed by atoms with E-state index in [0.717, 1.165) is 0 Å². The second kappa shape index (κ2) is 6.74. The average Bonchev–Trinajstić information content (AvgIpc) is 2.91. The number of rotatable bonds is 6. The Morgan fingerprint density at radius 1 is 1.30 bits per heavy atom. The number of para-hydroxylation sites is 2. The van der Waals surface area contributed by atoms with Gasteiger partial charge in [-0.25, -0.2) is 13.2 Å². The molecule has 0 fully saturated rings. The van der Waals surface area contributed by atoms with Crippen molar-refractivity contribution >= 4 is 21.7 Å². The third kappa shape index (κ3) is 3.65. The van der Waals surface area contributed by atoms with Crippen molar-refractivity contribution in [2.24, 2.45) is 7.05 Å². The first-order chi connectivity index (χ1) is 10.9. The summed E-state index contributed by atoms with van der Waals surface area (Å²) in [6.07, 6.45) is 1.35. The second-order valence-corrected chi connectivity index (χ2v) is 6.38. The minimum atomic E-state index is -3.86. The number of aryl methyl sites for hydroxylation is 1. The summed E-state index contributed by atoms with van der Waals surface area (Å²) in [5.41, 5.74) is 0.476. The summed E-state index contributed by atoms with van der Waals surface area (Å²) in [7, 11) is -1.05. The van der Waals surface area contributed by atoms with Crippen LogP contribution in [0.5, 0.6) is 5.75 Å². The Labute approximate surface area is 134 Å². The fraction of sp³-hybridized carbons (Fsp3) is 0.267. The quantitative estimate of drug-likeness (QED) is 0.814. The predicted octanol–water partition coefficient (Wildman–Crippen LogP) is 2.01. The Bertz CT molecular complexity index is 811. The van der Waals surface area contributed by atoms with Crippen LogP contribution in [0.2, 0.25) is 0 Å². The third-order valence-corrected chi connectivity index (χ3v) is 4.45. The van der Waals surface area contributed by atoms with Gasteiger partial charge >= 0.3 is 5.97 Å². The van der Waals surface area contributed by atoms with E-state index in [0.29, 0.717) is 18.0 Å². The maximum atomic E-state index is 12.5. The number of carbonyl (C=O) groups is 1. The molecule has 0 saturated heterocycles. The Kier molecular flexibility index (Phi) is 4.95. The smallest absolute Gasteiger partial charge is 0.354 e. The van der Waals surface area contributed by atoms with Crippen molar-refractivity contribution in [1.82, 2.24) is 4.57 Å². The van der Waals surface area contributed by atoms with Gasteiger partial charge in [0.05, 0.1) is 19.4 Å². The summed E-state index contributed by atoms with van der Waals surface area (Å²) in [5, 5.41) is 0. The summed E-state index contributed by atoms with van der Waals surface area (Å²) in [6.45, 7) is 2.22. The zero-order valence-electron chi connectivity index (χ0n) is 13.1. The zero-order chi connectivity index (χ0) is 17.0. The van der Waals surface area contributed by atoms with Crippen molar-refractivity contribution in [1.29, 1.82) is 0 Å². The summed E-state index contributed by atoms with van der Waals surface area (Å²) in [4.78, 5) is 11.6. The molecule has 1 N–H and O–H groups in total. The molecule has 0 aliphatic rings. The van der Waals surface area contributed by atoms with E-state index >= 15 is 0 Å². The van der Waals surface area contributed by atoms with E-state index in [-0.39, 0.29) is 10.6 Å². The molecule has 0 atom stereocenters. The van der Waals surface area contributed by atoms with Crippen LogP contribution in [0.4, 0.5) is 5.69 Å². The molecule has 7 nitrogen and oxygen atoms in total. The molecular weight excluding hydrogens is 320 g/mol. The number of esters is 1. The standard InChI is InChI=1S/C15H18N2O5S/c1-4-22-14-8-6-5-7-12(14)16-23(19,20)11-9-13(15(18)21-3)17(2)10-11/h5-10,16H,4H2,1-3H3. The maximum Gasteiger partial charge on any atom is 0.354 e. The monoisotopic (exact) mass is 338 g/mol. The Hall–Kier alpha value is -2.48. The van der Waals surface area contributed by atoms with Crippen LogP contribution in [-0.2, 0) is 21.8 Å². The lowest BCUT2D eigenvalue weighted by atomic mass is 10.3. The number of sulfonamides is 1. The van der Waals surface area contributed by atoms with Crippen molar-refractivity contribution in [2.45, 2.75) is 11.8 Å². The second-order valence-electron chi connectivity index (χ2n) is 4.70. The summed E-state index contributed by atoms with van der Waals surface area (Å²) in [6, 6.07) is 7.99. The van der Waals surface area contributed by atoms with Gasteiger partial charge in [-0.05, 0) is 25.1 Å². The fourth-order valence-corrected chi connectivity index (χ4v) is 3.16. The van der Waals surface area contributed by atoms with E-state index in [9.17, 15) is 13.2 Å². The molecule has 2 rings (SSSR count). The highest BCUT2D eigenvalue weighted by Crippen LogP contribution is 2.27. The highest BCUT2D eigenvalue weighted by Gasteiger charge is 2.22. The minimum absolute atomic E-state index is 0.0355. The van der Waals surface area contributed by atoms with Crippen LogP contribution >= 0.6 is 0 Å². The molecule has 0 unspecified atom stereocenters. The number of ether oxygens (including phenoxy) is 2. The summed E-state index contributed by atoms with van der Waals surface area (Å²) < 4.78 is 38.9. The van der Waals surface area contributed by atoms with Crippen molar-refractivity contribution in [3.63, 3.8) is 0 Å². The van der Waals surface area contributed by atoms with Gasteiger partial charge in [0.2, 0.25) is 0 Å². The van der Waals surface area contributed by atoms with Crippen LogP contribution in [0.3, 0.4) is 0 Å². The molecule has 8 heteroatoms. The van der Waals surface area contributed by atoms with Crippen LogP contribution in [0, 0.1) is 0 Å². The number of carbonyl (C=O) groups excluding carboxylic acids is 1. The molecule has 1 aromatic heterocycles. The lowest BCUT2D eigenvalue weighted by molar-refractivity contribution is 0.0590. The van der Waals surface area contributed by atoms with E-state index in [1.165, 1.54) is 23.9 Å². The highest BCUT2D eigenvalue weighted by atomic mass is 32.2. The molecule has 23 heavy (non-hydrogen) atoms. The van der Waals surface area contributed by atoms with E-state index < -0.39 is 16.0 Å². The molecule has 0 aliphatic carbocycles. The number of benzene rings is 1. The zero-order valence-corrected chi connectivity index (χ0v) is 13.9. The van der Waals surface area contributed by atoms with Gasteiger partial charge in [0.1, 0.15) is 16.3 Å². The molecule has 0 spiro atoms. The molecule has 0 amide bonds. The Morgan fingerprint density at radius 2 is 2.00 bits per heavy atom. The number of hydrogen-bond donors (Lipinski definition) is 1. The van der Waals surface area contributed by atoms with Crippen LogP contribution in [0.1, 0.15) is 17.4 Å². The topological polar surface area (TPSA) is 86.6 Å². The van der Waals surface area contributed by atoms with Gasteiger partial charge in [0.25, 0.3) is 10.0 Å². The van der Waals surface area contributed by atoms with Crippen molar-refractivity contribution < 1.29 is 22.7 Å². The number of methoxy groups -OCH3 is 1. The van der Waals surface area contributed by atoms with Crippen LogP contribution in [0.15, 0.2) is 41.4 Å². The minimum Gasteiger partial charge on any atom is -0.492 e. The summed E-state index contributed by atoms with van der Waals surface area (Å²) >= 11 is 0. The number of aromatic nitrogens is 1. The average molecular weight is 338 g/mol. The highest BCUT2D eigenvalue weighted by molar-refractivity contribution is 7.92. The number of nitrogens with one attached hydrogen (secondary N) is 1. The van der Waals surface area contributed by atoms with Gasteiger partial charge in [-0.2, -0.15) is 0 Å². The van der Waals surface area contributed by atoms with Crippen LogP contribution in [-0.4, -0.2) is 32.7 Å². The van der Waals surface area contributed by atoms with Gasteiger partial charge in [-0.1, -0.05) is 12.1 Å². The molecule has 124 valence electrons. The molecule has 0 aliphatic heterocycles. The first-order valence-corrected chi connectivity index (χ1v) is 8.36. The number of nitrogens with zero attached hydrogens (tertiary/aromatic N) is 1. The van der Waals surface area contributed by atoms with Crippen molar-refractivity contribution in [3.8, 4) is 5.75 Å². The maximum absolute atomic E-state index is 12.5. The van der Waals surface area contributed by atoms with E-state index in [2.05, 4.69) is 9.46 Å². The normalized spacial score (nSPS) is 11.1. The van der Waals surface area contributed by atoms with E-state index in [1.54, 1.807) is 31.3 Å². The summed E-state index contributed by atoms with van der Waals surface area (Å²) in [5.74, 6) is -0.175. The Balaban J connectivity index is 2.35. The SMILES string of the molecule is CCOc1ccccc1NS(=O)(=O)c1cc(C(=O)OC)n(C)c1. The van der Waals surface area contributed by atoms with E-state index in [4.69, 9.17) is 4.74 Å². The lowest BCUT2D eigenvalue weighted by Crippen LogP contribution is -2.13. The lowest BCUT2D eigenvalue weighted by Gasteiger charge is -2.11. The molecule has 1 aromatic carbocycles. The van der Waals surface area contributed by atoms with Gasteiger partial charge < -0.3 is 14.0 Å². The Morgan fingerprint density at radius 3 is 2.65 bits per heavy atom. The van der Waals surface area contributed by atoms with Gasteiger partial charge in [-0.3, -0.25) is 4.72 Å². The van der Waals surface area contributed by atoms with E-state index in [1.807, 2.05) is 6.92 Å². The predicted molar refractivity (Wildman–Crippen MR) is 85.2 cm³/mol. The molecule has 0 saturated carbocycles. The van der Waals surface area contributed by atoms with Crippen LogP contribution in [0.25, 0.3) is 0 Å². The largest absolute Gasteiger partial charge is 0.492 e. The number of anilines is 1. The van der Waals surface area contributed by atoms with Crippen molar-refractivity contribution in [2.75, 3.05) is 18.4 Å². The first kappa shape index (κ1) is 16.9. The molecular formula is C15H18N2O5S. The van der Waals surface area contributed by atoms with Crippen LogP contribution < -0.4 is 9.46 Å². The van der Waals surface area contributed by atoms with Gasteiger partial charge in [0, 0.05) is 13.2 Å². The third-order valence-electron chi connectivity index (χ3n) is 3.12. The molecule has 0 bridgehead atoms. The fourth-order valence-electron chi connectivity index (χ4n) is 2.02. The van der Waals surface area contributed by atoms with Gasteiger partial charge in [0.15, 0.2) is 0 Å². The van der Waals surface area contributed by atoms with Crippen molar-refractivity contribution in [3.05, 3.63) is 42.2 Å². The van der Waals surface area contributed by atoms with Gasteiger partial charge in [-0.15, -0.1) is 0 Å².